The summed E-state index contributed by atoms with van der Waals surface area (Å²) in [6.07, 6.45) is 0.842. The van der Waals surface area contributed by atoms with E-state index in [1.165, 1.54) is 5.56 Å². The highest BCUT2D eigenvalue weighted by atomic mass is 79.9. The minimum absolute atomic E-state index is 0.133. The molecule has 0 aliphatic carbocycles. The van der Waals surface area contributed by atoms with Gasteiger partial charge in [0, 0.05) is 20.8 Å². The number of hydrogen-bond donors (Lipinski definition) is 1. The molecule has 3 aromatic rings. The van der Waals surface area contributed by atoms with Gasteiger partial charge >= 0.3 is 0 Å². The number of nitrogens with one attached hydrogen (secondary N) is 1. The Labute approximate surface area is 175 Å². The smallest absolute Gasteiger partial charge is 0.164 e. The van der Waals surface area contributed by atoms with Crippen molar-refractivity contribution in [2.75, 3.05) is 5.32 Å². The Morgan fingerprint density at radius 3 is 2.00 bits per heavy atom. The summed E-state index contributed by atoms with van der Waals surface area (Å²) in [5, 5.41) is 5.50. The zero-order valence-corrected chi connectivity index (χ0v) is 18.7. The number of rotatable bonds is 4. The number of fused-ring (bicyclic) bond motifs is 1. The molecular weight excluding hydrogens is 429 g/mol. The van der Waals surface area contributed by atoms with Crippen LogP contribution in [0.5, 0.6) is 0 Å². The predicted molar refractivity (Wildman–Crippen MR) is 124 cm³/mol. The van der Waals surface area contributed by atoms with Crippen molar-refractivity contribution < 1.29 is 4.57 Å². The van der Waals surface area contributed by atoms with Gasteiger partial charge in [-0.15, -0.1) is 0 Å². The molecular formula is C24H25BrNOP. The van der Waals surface area contributed by atoms with Crippen LogP contribution in [0.25, 0.3) is 0 Å². The first kappa shape index (κ1) is 19.5. The molecule has 2 nitrogen and oxygen atoms in total. The topological polar surface area (TPSA) is 29.1 Å². The van der Waals surface area contributed by atoms with Crippen LogP contribution in [0, 0.1) is 5.92 Å². The first-order valence-corrected chi connectivity index (χ1v) is 12.3. The fourth-order valence-corrected chi connectivity index (χ4v) is 8.04. The van der Waals surface area contributed by atoms with E-state index in [4.69, 9.17) is 0 Å². The van der Waals surface area contributed by atoms with Gasteiger partial charge in [-0.3, -0.25) is 0 Å². The van der Waals surface area contributed by atoms with Gasteiger partial charge in [-0.25, -0.2) is 0 Å². The maximum atomic E-state index is 14.8. The molecule has 0 fully saturated rings. The number of hydrogen-bond acceptors (Lipinski definition) is 2. The maximum absolute atomic E-state index is 14.8. The van der Waals surface area contributed by atoms with Gasteiger partial charge in [0.2, 0.25) is 0 Å². The molecule has 0 saturated heterocycles. The van der Waals surface area contributed by atoms with E-state index in [0.29, 0.717) is 11.8 Å². The monoisotopic (exact) mass is 453 g/mol. The van der Waals surface area contributed by atoms with Gasteiger partial charge in [0.05, 0.1) is 5.78 Å². The molecule has 0 aromatic heterocycles. The average molecular weight is 454 g/mol. The van der Waals surface area contributed by atoms with Gasteiger partial charge < -0.3 is 9.88 Å². The normalized spacial score (nSPS) is 19.1. The Kier molecular flexibility index (Phi) is 5.49. The van der Waals surface area contributed by atoms with Gasteiger partial charge in [-0.1, -0.05) is 96.5 Å². The van der Waals surface area contributed by atoms with Crippen molar-refractivity contribution in [3.63, 3.8) is 0 Å². The molecule has 28 heavy (non-hydrogen) atoms. The molecule has 2 atom stereocenters. The summed E-state index contributed by atoms with van der Waals surface area (Å²) < 4.78 is 15.9. The summed E-state index contributed by atoms with van der Waals surface area (Å²) in [5.74, 6) is 0.672. The third kappa shape index (κ3) is 3.36. The van der Waals surface area contributed by atoms with Crippen molar-refractivity contribution >= 4 is 39.4 Å². The molecule has 2 unspecified atom stereocenters. The van der Waals surface area contributed by atoms with E-state index in [9.17, 15) is 4.57 Å². The SMILES string of the molecule is CC(C)C1CC(P(=O)(c2ccccc2)c2ccccc2)Nc2cccc(Br)c21. The average Bonchev–Trinajstić information content (AvgIpc) is 2.73. The lowest BCUT2D eigenvalue weighted by molar-refractivity contribution is 0.451. The highest BCUT2D eigenvalue weighted by Crippen LogP contribution is 2.56. The van der Waals surface area contributed by atoms with Crippen molar-refractivity contribution in [1.82, 2.24) is 0 Å². The van der Waals surface area contributed by atoms with Crippen LogP contribution in [0.2, 0.25) is 0 Å². The van der Waals surface area contributed by atoms with Crippen LogP contribution >= 0.6 is 23.1 Å². The number of halogens is 1. The molecule has 0 bridgehead atoms. The Bertz CT molecular complexity index is 960. The first-order chi connectivity index (χ1) is 13.5. The molecule has 0 amide bonds. The van der Waals surface area contributed by atoms with Crippen molar-refractivity contribution in [3.05, 3.63) is 88.9 Å². The molecule has 3 aromatic carbocycles. The van der Waals surface area contributed by atoms with Crippen LogP contribution in [-0.2, 0) is 4.57 Å². The van der Waals surface area contributed by atoms with E-state index in [1.54, 1.807) is 0 Å². The summed E-state index contributed by atoms with van der Waals surface area (Å²) in [6, 6.07) is 26.2. The number of anilines is 1. The van der Waals surface area contributed by atoms with Crippen LogP contribution in [0.3, 0.4) is 0 Å². The van der Waals surface area contributed by atoms with Crippen LogP contribution in [0.1, 0.15) is 31.7 Å². The van der Waals surface area contributed by atoms with E-state index in [0.717, 1.165) is 27.2 Å². The number of benzene rings is 3. The van der Waals surface area contributed by atoms with Crippen molar-refractivity contribution in [3.8, 4) is 0 Å². The van der Waals surface area contributed by atoms with Crippen LogP contribution in [-0.4, -0.2) is 5.78 Å². The zero-order chi connectivity index (χ0) is 19.7. The Morgan fingerprint density at radius 1 is 0.893 bits per heavy atom. The lowest BCUT2D eigenvalue weighted by atomic mass is 9.82. The lowest BCUT2D eigenvalue weighted by Gasteiger charge is -2.40. The molecule has 1 aliphatic heterocycles. The van der Waals surface area contributed by atoms with E-state index >= 15 is 0 Å². The molecule has 0 radical (unpaired) electrons. The third-order valence-corrected chi connectivity index (χ3v) is 9.79. The third-order valence-electron chi connectivity index (χ3n) is 5.75. The highest BCUT2D eigenvalue weighted by molar-refractivity contribution is 9.10. The summed E-state index contributed by atoms with van der Waals surface area (Å²) in [4.78, 5) is 0. The Balaban J connectivity index is 1.88. The van der Waals surface area contributed by atoms with E-state index in [-0.39, 0.29) is 5.78 Å². The maximum Gasteiger partial charge on any atom is 0.164 e. The molecule has 1 aliphatic rings. The molecule has 4 rings (SSSR count). The van der Waals surface area contributed by atoms with Crippen LogP contribution in [0.4, 0.5) is 5.69 Å². The van der Waals surface area contributed by atoms with E-state index in [2.05, 4.69) is 47.2 Å². The van der Waals surface area contributed by atoms with Crippen molar-refractivity contribution in [2.24, 2.45) is 5.92 Å². The molecule has 1 heterocycles. The Hall–Kier alpha value is -1.83. The minimum atomic E-state index is -2.87. The fourth-order valence-electron chi connectivity index (χ4n) is 4.29. The molecule has 144 valence electrons. The van der Waals surface area contributed by atoms with Crippen LogP contribution in [0.15, 0.2) is 83.3 Å². The van der Waals surface area contributed by atoms with Crippen LogP contribution < -0.4 is 15.9 Å². The quantitative estimate of drug-likeness (QED) is 0.466. The first-order valence-electron chi connectivity index (χ1n) is 9.77. The lowest BCUT2D eigenvalue weighted by Crippen LogP contribution is -2.36. The molecule has 4 heteroatoms. The van der Waals surface area contributed by atoms with Gasteiger partial charge in [0.15, 0.2) is 7.14 Å². The molecule has 0 spiro atoms. The van der Waals surface area contributed by atoms with Gasteiger partial charge in [0.25, 0.3) is 0 Å². The standard InChI is InChI=1S/C24H25BrNOP/c1-17(2)20-16-23(26-22-15-9-14-21(25)24(20)22)28(27,18-10-5-3-6-11-18)19-12-7-4-8-13-19/h3-15,17,20,23,26H,16H2,1-2H3. The van der Waals surface area contributed by atoms with E-state index in [1.807, 2.05) is 66.7 Å². The van der Waals surface area contributed by atoms with Gasteiger partial charge in [-0.05, 0) is 36.0 Å². The summed E-state index contributed by atoms with van der Waals surface area (Å²) in [6.45, 7) is 4.51. The largest absolute Gasteiger partial charge is 0.374 e. The van der Waals surface area contributed by atoms with Crippen molar-refractivity contribution in [1.29, 1.82) is 0 Å². The second kappa shape index (κ2) is 7.89. The molecule has 0 saturated carbocycles. The van der Waals surface area contributed by atoms with Gasteiger partial charge in [0.1, 0.15) is 0 Å². The van der Waals surface area contributed by atoms with Gasteiger partial charge in [-0.2, -0.15) is 0 Å². The summed E-state index contributed by atoms with van der Waals surface area (Å²) in [5.41, 5.74) is 2.40. The predicted octanol–water partition coefficient (Wildman–Crippen LogP) is 6.34. The van der Waals surface area contributed by atoms with Crippen molar-refractivity contribution in [2.45, 2.75) is 32.0 Å². The zero-order valence-electron chi connectivity index (χ0n) is 16.2. The highest BCUT2D eigenvalue weighted by Gasteiger charge is 2.42. The minimum Gasteiger partial charge on any atom is -0.374 e. The van der Waals surface area contributed by atoms with E-state index < -0.39 is 7.14 Å². The summed E-state index contributed by atoms with van der Waals surface area (Å²) in [7, 11) is -2.87. The fraction of sp³-hybridized carbons (Fsp3) is 0.250. The second-order valence-corrected chi connectivity index (χ2v) is 11.6. The molecule has 1 N–H and O–H groups in total. The summed E-state index contributed by atoms with van der Waals surface area (Å²) >= 11 is 3.74. The Morgan fingerprint density at radius 2 is 1.46 bits per heavy atom. The second-order valence-electron chi connectivity index (χ2n) is 7.78.